The summed E-state index contributed by atoms with van der Waals surface area (Å²) in [5.41, 5.74) is 3.52. The molecule has 0 radical (unpaired) electrons. The molecule has 0 aliphatic carbocycles. The predicted octanol–water partition coefficient (Wildman–Crippen LogP) is 1.69. The van der Waals surface area contributed by atoms with Crippen LogP contribution >= 0.6 is 0 Å². The number of nitrogens with zero attached hydrogens (tertiary/aromatic N) is 1. The van der Waals surface area contributed by atoms with Gasteiger partial charge < -0.3 is 14.8 Å². The summed E-state index contributed by atoms with van der Waals surface area (Å²) in [6.07, 6.45) is 0.443. The molecule has 0 spiro atoms. The van der Waals surface area contributed by atoms with Crippen molar-refractivity contribution in [1.82, 2.24) is 5.43 Å². The van der Waals surface area contributed by atoms with Crippen LogP contribution in [-0.4, -0.2) is 30.7 Å². The number of nitrogens with one attached hydrogen (secondary N) is 2. The zero-order chi connectivity index (χ0) is 15.9. The highest BCUT2D eigenvalue weighted by Gasteiger charge is 2.13. The average molecular weight is 305 g/mol. The van der Waals surface area contributed by atoms with E-state index in [0.29, 0.717) is 42.5 Å². The van der Waals surface area contributed by atoms with Crippen molar-refractivity contribution in [3.63, 3.8) is 0 Å². The van der Waals surface area contributed by atoms with Gasteiger partial charge in [-0.15, -0.1) is 0 Å². The zero-order valence-electron chi connectivity index (χ0n) is 12.6. The van der Waals surface area contributed by atoms with Crippen LogP contribution in [0.5, 0.6) is 11.5 Å². The normalized spacial score (nSPS) is 13.5. The lowest BCUT2D eigenvalue weighted by Crippen LogP contribution is -2.20. The maximum Gasteiger partial charge on any atom is 0.239 e. The van der Waals surface area contributed by atoms with Gasteiger partial charge >= 0.3 is 0 Å². The first-order valence-electron chi connectivity index (χ1n) is 7.10. The fourth-order valence-corrected chi connectivity index (χ4v) is 1.84. The molecular weight excluding hydrogens is 286 g/mol. The number of fused-ring (bicyclic) bond motifs is 1. The van der Waals surface area contributed by atoms with Gasteiger partial charge in [0.2, 0.25) is 11.8 Å². The minimum atomic E-state index is -0.219. The minimum absolute atomic E-state index is 0.0957. The minimum Gasteiger partial charge on any atom is -0.486 e. The Bertz CT molecular complexity index is 598. The molecule has 1 aromatic rings. The van der Waals surface area contributed by atoms with E-state index >= 15 is 0 Å². The van der Waals surface area contributed by atoms with Crippen LogP contribution in [0.3, 0.4) is 0 Å². The van der Waals surface area contributed by atoms with E-state index in [9.17, 15) is 9.59 Å². The second kappa shape index (κ2) is 7.44. The number of carbonyl (C=O) groups excluding carboxylic acids is 2. The Morgan fingerprint density at radius 2 is 1.91 bits per heavy atom. The van der Waals surface area contributed by atoms with E-state index in [-0.39, 0.29) is 18.2 Å². The van der Waals surface area contributed by atoms with Crippen molar-refractivity contribution in [1.29, 1.82) is 0 Å². The van der Waals surface area contributed by atoms with Crippen molar-refractivity contribution in [2.45, 2.75) is 26.7 Å². The molecule has 0 fully saturated rings. The molecule has 2 rings (SSSR count). The molecule has 118 valence electrons. The van der Waals surface area contributed by atoms with Crippen molar-refractivity contribution in [2.75, 3.05) is 18.5 Å². The maximum atomic E-state index is 11.9. The lowest BCUT2D eigenvalue weighted by atomic mass is 10.2. The molecule has 2 amide bonds. The third kappa shape index (κ3) is 4.47. The highest BCUT2D eigenvalue weighted by molar-refractivity contribution is 6.05. The number of rotatable bonds is 5. The summed E-state index contributed by atoms with van der Waals surface area (Å²) >= 11 is 0. The van der Waals surface area contributed by atoms with E-state index in [0.717, 1.165) is 0 Å². The number of hydrogen-bond donors (Lipinski definition) is 2. The van der Waals surface area contributed by atoms with Gasteiger partial charge in [-0.05, 0) is 19.1 Å². The van der Waals surface area contributed by atoms with E-state index < -0.39 is 0 Å². The van der Waals surface area contributed by atoms with Gasteiger partial charge in [-0.1, -0.05) is 6.92 Å². The van der Waals surface area contributed by atoms with Crippen molar-refractivity contribution in [2.24, 2.45) is 5.10 Å². The summed E-state index contributed by atoms with van der Waals surface area (Å²) in [4.78, 5) is 23.0. The Morgan fingerprint density at radius 1 is 1.18 bits per heavy atom. The molecule has 0 aromatic heterocycles. The first-order valence-corrected chi connectivity index (χ1v) is 7.10. The predicted molar refractivity (Wildman–Crippen MR) is 82.2 cm³/mol. The third-order valence-electron chi connectivity index (χ3n) is 2.93. The topological polar surface area (TPSA) is 89.0 Å². The van der Waals surface area contributed by atoms with Crippen LogP contribution in [0.2, 0.25) is 0 Å². The van der Waals surface area contributed by atoms with E-state index in [2.05, 4.69) is 15.8 Å². The molecule has 1 heterocycles. The molecule has 0 atom stereocenters. The first kappa shape index (κ1) is 15.8. The van der Waals surface area contributed by atoms with Crippen LogP contribution in [0.15, 0.2) is 23.3 Å². The highest BCUT2D eigenvalue weighted by Crippen LogP contribution is 2.32. The number of benzene rings is 1. The lowest BCUT2D eigenvalue weighted by molar-refractivity contribution is -0.121. The summed E-state index contributed by atoms with van der Waals surface area (Å²) < 4.78 is 10.9. The fraction of sp³-hybridized carbons (Fsp3) is 0.400. The van der Waals surface area contributed by atoms with Crippen LogP contribution in [0.25, 0.3) is 0 Å². The van der Waals surface area contributed by atoms with Gasteiger partial charge in [-0.25, -0.2) is 5.43 Å². The van der Waals surface area contributed by atoms with Crippen LogP contribution in [0.4, 0.5) is 5.69 Å². The Labute approximate surface area is 128 Å². The average Bonchev–Trinajstić information content (AvgIpc) is 2.52. The van der Waals surface area contributed by atoms with Crippen molar-refractivity contribution >= 4 is 23.2 Å². The van der Waals surface area contributed by atoms with Crippen molar-refractivity contribution in [3.8, 4) is 11.5 Å². The molecule has 2 N–H and O–H groups in total. The standard InChI is InChI=1S/C15H19N3O4/c1-3-14(19)18-17-10(2)8-15(20)16-11-4-5-12-13(9-11)22-7-6-21-12/h4-5,9H,3,6-8H2,1-2H3,(H,16,20)(H,18,19)/b17-10-. The number of anilines is 1. The Balaban J connectivity index is 1.90. The third-order valence-corrected chi connectivity index (χ3v) is 2.93. The van der Waals surface area contributed by atoms with Crippen molar-refractivity contribution < 1.29 is 19.1 Å². The highest BCUT2D eigenvalue weighted by atomic mass is 16.6. The van der Waals surface area contributed by atoms with Gasteiger partial charge in [-0.2, -0.15) is 5.10 Å². The smallest absolute Gasteiger partial charge is 0.239 e. The molecule has 7 heteroatoms. The molecule has 0 saturated heterocycles. The van der Waals surface area contributed by atoms with Crippen LogP contribution in [0.1, 0.15) is 26.7 Å². The van der Waals surface area contributed by atoms with Crippen molar-refractivity contribution in [3.05, 3.63) is 18.2 Å². The second-order valence-corrected chi connectivity index (χ2v) is 4.82. The summed E-state index contributed by atoms with van der Waals surface area (Å²) in [5.74, 6) is 0.879. The van der Waals surface area contributed by atoms with Gasteiger partial charge in [0.1, 0.15) is 13.2 Å². The Hall–Kier alpha value is -2.57. The van der Waals surface area contributed by atoms with Gasteiger partial charge in [0, 0.05) is 23.9 Å². The number of carbonyl (C=O) groups is 2. The largest absolute Gasteiger partial charge is 0.486 e. The van der Waals surface area contributed by atoms with Crippen LogP contribution in [-0.2, 0) is 9.59 Å². The Kier molecular flexibility index (Phi) is 5.35. The van der Waals surface area contributed by atoms with E-state index in [1.165, 1.54) is 0 Å². The number of ether oxygens (including phenoxy) is 2. The molecule has 0 bridgehead atoms. The zero-order valence-corrected chi connectivity index (χ0v) is 12.6. The van der Waals surface area contributed by atoms with Crippen LogP contribution in [0, 0.1) is 0 Å². The Morgan fingerprint density at radius 3 is 2.64 bits per heavy atom. The molecule has 1 aromatic carbocycles. The van der Waals surface area contributed by atoms with Gasteiger partial charge in [0.15, 0.2) is 11.5 Å². The molecular formula is C15H19N3O4. The second-order valence-electron chi connectivity index (χ2n) is 4.82. The molecule has 7 nitrogen and oxygen atoms in total. The first-order chi connectivity index (χ1) is 10.6. The summed E-state index contributed by atoms with van der Waals surface area (Å²) in [5, 5.41) is 6.61. The maximum absolute atomic E-state index is 11.9. The molecule has 1 aliphatic heterocycles. The fourth-order valence-electron chi connectivity index (χ4n) is 1.84. The lowest BCUT2D eigenvalue weighted by Gasteiger charge is -2.19. The van der Waals surface area contributed by atoms with E-state index in [1.54, 1.807) is 32.0 Å². The SMILES string of the molecule is CCC(=O)N/N=C(/C)CC(=O)Nc1ccc2c(c1)OCCO2. The molecule has 22 heavy (non-hydrogen) atoms. The quantitative estimate of drug-likeness (QED) is 0.640. The summed E-state index contributed by atoms with van der Waals surface area (Å²) in [6, 6.07) is 5.22. The number of hydrogen-bond acceptors (Lipinski definition) is 5. The van der Waals surface area contributed by atoms with Gasteiger partial charge in [-0.3, -0.25) is 9.59 Å². The molecule has 0 saturated carbocycles. The van der Waals surface area contributed by atoms with Gasteiger partial charge in [0.05, 0.1) is 6.42 Å². The van der Waals surface area contributed by atoms with E-state index in [4.69, 9.17) is 9.47 Å². The monoisotopic (exact) mass is 305 g/mol. The molecule has 1 aliphatic rings. The number of hydrazone groups is 1. The summed E-state index contributed by atoms with van der Waals surface area (Å²) in [7, 11) is 0. The van der Waals surface area contributed by atoms with E-state index in [1.807, 2.05) is 0 Å². The molecule has 0 unspecified atom stereocenters. The number of amides is 2. The summed E-state index contributed by atoms with van der Waals surface area (Å²) in [6.45, 7) is 4.43. The van der Waals surface area contributed by atoms with Gasteiger partial charge in [0.25, 0.3) is 0 Å². The van der Waals surface area contributed by atoms with Crippen LogP contribution < -0.4 is 20.2 Å².